The van der Waals surface area contributed by atoms with E-state index >= 15 is 0 Å². The Kier molecular flexibility index (Phi) is 2.30. The van der Waals surface area contributed by atoms with E-state index in [1.807, 2.05) is 0 Å². The van der Waals surface area contributed by atoms with Gasteiger partial charge in [0.05, 0.1) is 0 Å². The Bertz CT molecular complexity index is 262. The summed E-state index contributed by atoms with van der Waals surface area (Å²) in [5.41, 5.74) is 0. The van der Waals surface area contributed by atoms with Crippen LogP contribution in [-0.2, 0) is 15.6 Å². The van der Waals surface area contributed by atoms with Crippen LogP contribution in [0.25, 0.3) is 0 Å². The minimum atomic E-state index is -0.835. The molecule has 0 amide bonds. The van der Waals surface area contributed by atoms with Gasteiger partial charge in [-0.2, -0.15) is 0 Å². The molecule has 2 aliphatic rings. The first-order chi connectivity index (χ1) is 6.21. The van der Waals surface area contributed by atoms with Crippen LogP contribution in [0.2, 0.25) is 0 Å². The smallest absolute Gasteiger partial charge is 0.151 e. The number of hydrogen-bond donors (Lipinski definition) is 0. The Hall–Kier alpha value is -0.180. The number of fused-ring (bicyclic) bond motifs is 1. The maximum Gasteiger partial charge on any atom is 0.151 e. The highest BCUT2D eigenvalue weighted by Crippen LogP contribution is 2.57. The van der Waals surface area contributed by atoms with Crippen LogP contribution in [0.15, 0.2) is 0 Å². The lowest BCUT2D eigenvalue weighted by Crippen LogP contribution is -2.27. The summed E-state index contributed by atoms with van der Waals surface area (Å²) < 4.78 is 11.3. The van der Waals surface area contributed by atoms with E-state index in [4.69, 9.17) is 0 Å². The number of carbonyl (C=O) groups excluding carboxylic acids is 1. The van der Waals surface area contributed by atoms with Crippen molar-refractivity contribution in [2.24, 2.45) is 5.92 Å². The molecular weight excluding hydrogens is 184 g/mol. The summed E-state index contributed by atoms with van der Waals surface area (Å²) in [6.45, 7) is 2.08. The van der Waals surface area contributed by atoms with Crippen molar-refractivity contribution in [3.8, 4) is 0 Å². The van der Waals surface area contributed by atoms with Crippen molar-refractivity contribution in [3.63, 3.8) is 0 Å². The first-order valence-corrected chi connectivity index (χ1v) is 6.45. The fourth-order valence-electron chi connectivity index (χ4n) is 2.37. The summed E-state index contributed by atoms with van der Waals surface area (Å²) >= 11 is 0. The first-order valence-electron chi connectivity index (χ1n) is 5.13. The van der Waals surface area contributed by atoms with Crippen LogP contribution in [0.4, 0.5) is 0 Å². The molecule has 13 heavy (non-hydrogen) atoms. The van der Waals surface area contributed by atoms with Crippen molar-refractivity contribution in [2.45, 2.75) is 43.8 Å². The second-order valence-corrected chi connectivity index (χ2v) is 5.98. The third-order valence-electron chi connectivity index (χ3n) is 3.34. The highest BCUT2D eigenvalue weighted by atomic mass is 32.2. The van der Waals surface area contributed by atoms with E-state index < -0.39 is 10.8 Å². The van der Waals surface area contributed by atoms with Gasteiger partial charge < -0.3 is 0 Å². The molecule has 3 heteroatoms. The molecule has 1 saturated carbocycles. The van der Waals surface area contributed by atoms with E-state index in [0.29, 0.717) is 12.3 Å². The minimum absolute atomic E-state index is 0.287. The lowest BCUT2D eigenvalue weighted by atomic mass is 10.1. The Morgan fingerprint density at radius 1 is 1.62 bits per heavy atom. The molecule has 0 N–H and O–H groups in total. The van der Waals surface area contributed by atoms with Crippen molar-refractivity contribution in [3.05, 3.63) is 0 Å². The molecule has 1 saturated heterocycles. The summed E-state index contributed by atoms with van der Waals surface area (Å²) in [5, 5.41) is 0. The van der Waals surface area contributed by atoms with Gasteiger partial charge in [0, 0.05) is 23.0 Å². The van der Waals surface area contributed by atoms with E-state index in [0.717, 1.165) is 31.4 Å². The van der Waals surface area contributed by atoms with Gasteiger partial charge in [-0.15, -0.1) is 0 Å². The highest BCUT2D eigenvalue weighted by Gasteiger charge is 2.66. The van der Waals surface area contributed by atoms with Crippen molar-refractivity contribution in [1.82, 2.24) is 0 Å². The zero-order chi connectivity index (χ0) is 9.47. The van der Waals surface area contributed by atoms with Gasteiger partial charge in [-0.05, 0) is 25.2 Å². The van der Waals surface area contributed by atoms with Gasteiger partial charge in [-0.1, -0.05) is 13.3 Å². The van der Waals surface area contributed by atoms with Gasteiger partial charge in [0.25, 0.3) is 0 Å². The quantitative estimate of drug-likeness (QED) is 0.691. The molecule has 1 unspecified atom stereocenters. The first kappa shape index (κ1) is 9.38. The number of carbonyl (C=O) groups is 1. The molecule has 0 aromatic carbocycles. The molecule has 2 nitrogen and oxygen atoms in total. The summed E-state index contributed by atoms with van der Waals surface area (Å²) in [5.74, 6) is 1.54. The van der Waals surface area contributed by atoms with E-state index in [9.17, 15) is 9.00 Å². The largest absolute Gasteiger partial charge is 0.298 e. The van der Waals surface area contributed by atoms with E-state index in [1.54, 1.807) is 0 Å². The fraction of sp³-hybridized carbons (Fsp3) is 0.900. The number of hydrogen-bond acceptors (Lipinski definition) is 2. The molecular formula is C10H16O2S. The summed E-state index contributed by atoms with van der Waals surface area (Å²) in [7, 11) is -0.835. The van der Waals surface area contributed by atoms with E-state index in [-0.39, 0.29) is 10.5 Å². The maximum atomic E-state index is 11.8. The summed E-state index contributed by atoms with van der Waals surface area (Å²) in [4.78, 5) is 11.8. The predicted octanol–water partition coefficient (Wildman–Crippen LogP) is 1.66. The minimum Gasteiger partial charge on any atom is -0.298 e. The van der Waals surface area contributed by atoms with Gasteiger partial charge >= 0.3 is 0 Å². The fourth-order valence-corrected chi connectivity index (χ4v) is 4.47. The molecule has 0 spiro atoms. The Labute approximate surface area is 81.5 Å². The van der Waals surface area contributed by atoms with E-state index in [1.165, 1.54) is 0 Å². The molecule has 0 aromatic heterocycles. The van der Waals surface area contributed by atoms with Crippen molar-refractivity contribution >= 4 is 16.6 Å². The summed E-state index contributed by atoms with van der Waals surface area (Å²) in [6, 6.07) is 0. The monoisotopic (exact) mass is 200 g/mol. The van der Waals surface area contributed by atoms with Crippen LogP contribution < -0.4 is 0 Å². The molecule has 2 fully saturated rings. The summed E-state index contributed by atoms with van der Waals surface area (Å²) in [6.07, 6.45) is 4.61. The van der Waals surface area contributed by atoms with Gasteiger partial charge in [0.15, 0.2) is 5.78 Å². The molecule has 1 aliphatic carbocycles. The lowest BCUT2D eigenvalue weighted by molar-refractivity contribution is -0.119. The third-order valence-corrected chi connectivity index (χ3v) is 5.48. The molecule has 2 rings (SSSR count). The van der Waals surface area contributed by atoms with Crippen LogP contribution in [0.3, 0.4) is 0 Å². The second-order valence-electron chi connectivity index (χ2n) is 4.16. The van der Waals surface area contributed by atoms with Gasteiger partial charge in [-0.25, -0.2) is 0 Å². The number of rotatable bonds is 4. The molecule has 1 heterocycles. The lowest BCUT2D eigenvalue weighted by Gasteiger charge is -2.08. The number of unbranched alkanes of at least 4 members (excludes halogenated alkanes) is 1. The SMILES string of the molecule is CCCCC(=O)[C@@]12C[C@@H]1CCS2=O. The molecule has 0 bridgehead atoms. The predicted molar refractivity (Wildman–Crippen MR) is 53.0 cm³/mol. The zero-order valence-corrected chi connectivity index (χ0v) is 8.86. The van der Waals surface area contributed by atoms with Crippen LogP contribution in [0, 0.1) is 5.92 Å². The molecule has 74 valence electrons. The van der Waals surface area contributed by atoms with Gasteiger partial charge in [0.1, 0.15) is 4.75 Å². The molecule has 1 aliphatic heterocycles. The van der Waals surface area contributed by atoms with Crippen LogP contribution in [0.1, 0.15) is 39.0 Å². The average molecular weight is 200 g/mol. The molecule has 0 aromatic rings. The van der Waals surface area contributed by atoms with Gasteiger partial charge in [0.2, 0.25) is 0 Å². The molecule has 0 radical (unpaired) electrons. The topological polar surface area (TPSA) is 34.1 Å². The Balaban J connectivity index is 2.01. The number of Topliss-reactive ketones (excluding diaryl/α,β-unsaturated/α-hetero) is 1. The molecule has 3 atom stereocenters. The standard InChI is InChI=1S/C10H16O2S/c1-2-3-4-9(11)10-7-8(10)5-6-13(10)12/h8H,2-7H2,1H3/t8-,10+,13?/m0/s1. The average Bonchev–Trinajstić information content (AvgIpc) is 2.79. The van der Waals surface area contributed by atoms with Crippen LogP contribution in [-0.4, -0.2) is 20.5 Å². The van der Waals surface area contributed by atoms with Crippen molar-refractivity contribution in [1.29, 1.82) is 0 Å². The van der Waals surface area contributed by atoms with Gasteiger partial charge in [-0.3, -0.25) is 9.00 Å². The Morgan fingerprint density at radius 3 is 2.85 bits per heavy atom. The van der Waals surface area contributed by atoms with Crippen LogP contribution in [0.5, 0.6) is 0 Å². The van der Waals surface area contributed by atoms with Crippen molar-refractivity contribution < 1.29 is 9.00 Å². The maximum absolute atomic E-state index is 11.8. The van der Waals surface area contributed by atoms with E-state index in [2.05, 4.69) is 6.92 Å². The van der Waals surface area contributed by atoms with Crippen molar-refractivity contribution in [2.75, 3.05) is 5.75 Å². The second kappa shape index (κ2) is 3.19. The zero-order valence-electron chi connectivity index (χ0n) is 8.04. The Morgan fingerprint density at radius 2 is 2.38 bits per heavy atom. The van der Waals surface area contributed by atoms with Crippen LogP contribution >= 0.6 is 0 Å². The number of ketones is 1. The normalized spacial score (nSPS) is 41.6. The third kappa shape index (κ3) is 1.28. The highest BCUT2D eigenvalue weighted by molar-refractivity contribution is 7.88.